The first-order valence-corrected chi connectivity index (χ1v) is 9.69. The van der Waals surface area contributed by atoms with Gasteiger partial charge in [0.15, 0.2) is 0 Å². The van der Waals surface area contributed by atoms with Crippen LogP contribution >= 0.6 is 0 Å². The standard InChI is InChI=1S/C23H29N3O/c1-20-7-5-10-22(17-20)18-24-19-23(27)26-15-13-25(14-16-26)12-6-11-21-8-3-2-4-9-21/h2-11,17,24H,12-16,18-19H2,1H3/b11-6+. The zero-order valence-electron chi connectivity index (χ0n) is 16.1. The van der Waals surface area contributed by atoms with E-state index >= 15 is 0 Å². The molecule has 0 radical (unpaired) electrons. The lowest BCUT2D eigenvalue weighted by atomic mass is 10.1. The van der Waals surface area contributed by atoms with E-state index in [0.29, 0.717) is 6.54 Å². The van der Waals surface area contributed by atoms with Crippen LogP contribution in [0.5, 0.6) is 0 Å². The van der Waals surface area contributed by atoms with Crippen molar-refractivity contribution < 1.29 is 4.79 Å². The molecule has 0 unspecified atom stereocenters. The van der Waals surface area contributed by atoms with Crippen molar-refractivity contribution in [2.75, 3.05) is 39.3 Å². The number of carbonyl (C=O) groups is 1. The maximum Gasteiger partial charge on any atom is 0.236 e. The number of aryl methyl sites for hydroxylation is 1. The highest BCUT2D eigenvalue weighted by molar-refractivity contribution is 5.78. The summed E-state index contributed by atoms with van der Waals surface area (Å²) < 4.78 is 0. The summed E-state index contributed by atoms with van der Waals surface area (Å²) in [5.74, 6) is 0.196. The number of rotatable bonds is 7. The molecule has 2 aromatic carbocycles. The van der Waals surface area contributed by atoms with Crippen molar-refractivity contribution in [2.24, 2.45) is 0 Å². The van der Waals surface area contributed by atoms with Crippen LogP contribution in [0, 0.1) is 6.92 Å². The van der Waals surface area contributed by atoms with Gasteiger partial charge in [-0.15, -0.1) is 0 Å². The summed E-state index contributed by atoms with van der Waals surface area (Å²) in [6.45, 7) is 7.64. The second-order valence-electron chi connectivity index (χ2n) is 7.09. The third-order valence-electron chi connectivity index (χ3n) is 4.89. The molecule has 0 aromatic heterocycles. The molecule has 1 saturated heterocycles. The Labute approximate surface area is 162 Å². The molecule has 1 amide bonds. The highest BCUT2D eigenvalue weighted by atomic mass is 16.2. The van der Waals surface area contributed by atoms with Gasteiger partial charge in [-0.1, -0.05) is 72.3 Å². The number of hydrogen-bond donors (Lipinski definition) is 1. The number of amides is 1. The molecule has 1 N–H and O–H groups in total. The molecule has 1 aliphatic rings. The molecular weight excluding hydrogens is 334 g/mol. The molecule has 1 fully saturated rings. The number of hydrogen-bond acceptors (Lipinski definition) is 3. The minimum Gasteiger partial charge on any atom is -0.339 e. The smallest absolute Gasteiger partial charge is 0.236 e. The third kappa shape index (κ3) is 6.35. The summed E-state index contributed by atoms with van der Waals surface area (Å²) in [5.41, 5.74) is 3.70. The lowest BCUT2D eigenvalue weighted by Crippen LogP contribution is -2.50. The molecule has 0 atom stereocenters. The highest BCUT2D eigenvalue weighted by Gasteiger charge is 2.19. The highest BCUT2D eigenvalue weighted by Crippen LogP contribution is 2.06. The SMILES string of the molecule is Cc1cccc(CNCC(=O)N2CCN(C/C=C/c3ccccc3)CC2)c1. The lowest BCUT2D eigenvalue weighted by molar-refractivity contribution is -0.131. The Balaban J connectivity index is 1.34. The minimum absolute atomic E-state index is 0.196. The van der Waals surface area contributed by atoms with Crippen molar-refractivity contribution in [1.29, 1.82) is 0 Å². The topological polar surface area (TPSA) is 35.6 Å². The molecule has 0 saturated carbocycles. The molecule has 3 rings (SSSR count). The minimum atomic E-state index is 0.196. The second-order valence-corrected chi connectivity index (χ2v) is 7.09. The lowest BCUT2D eigenvalue weighted by Gasteiger charge is -2.34. The number of nitrogens with zero attached hydrogens (tertiary/aromatic N) is 2. The van der Waals surface area contributed by atoms with Gasteiger partial charge >= 0.3 is 0 Å². The van der Waals surface area contributed by atoms with Crippen molar-refractivity contribution in [3.05, 3.63) is 77.4 Å². The Morgan fingerprint density at radius 1 is 1.04 bits per heavy atom. The van der Waals surface area contributed by atoms with Gasteiger partial charge in [0.05, 0.1) is 6.54 Å². The molecule has 0 bridgehead atoms. The molecule has 1 heterocycles. The summed E-state index contributed by atoms with van der Waals surface area (Å²) in [6, 6.07) is 18.7. The van der Waals surface area contributed by atoms with Gasteiger partial charge in [0.1, 0.15) is 0 Å². The maximum atomic E-state index is 12.4. The van der Waals surface area contributed by atoms with Crippen molar-refractivity contribution >= 4 is 12.0 Å². The second kappa shape index (κ2) is 10.0. The number of carbonyl (C=O) groups excluding carboxylic acids is 1. The van der Waals surface area contributed by atoms with E-state index in [9.17, 15) is 4.79 Å². The number of benzene rings is 2. The van der Waals surface area contributed by atoms with Crippen LogP contribution in [0.15, 0.2) is 60.7 Å². The molecule has 2 aromatic rings. The van der Waals surface area contributed by atoms with Crippen molar-refractivity contribution in [1.82, 2.24) is 15.1 Å². The predicted octanol–water partition coefficient (Wildman–Crippen LogP) is 2.94. The van der Waals surface area contributed by atoms with Gasteiger partial charge in [0.25, 0.3) is 0 Å². The van der Waals surface area contributed by atoms with E-state index in [1.165, 1.54) is 16.7 Å². The first-order chi connectivity index (χ1) is 13.2. The first-order valence-electron chi connectivity index (χ1n) is 9.69. The Kier molecular flexibility index (Phi) is 7.19. The Bertz CT molecular complexity index is 749. The van der Waals surface area contributed by atoms with E-state index in [1.807, 2.05) is 11.0 Å². The van der Waals surface area contributed by atoms with Crippen LogP contribution in [-0.2, 0) is 11.3 Å². The summed E-state index contributed by atoms with van der Waals surface area (Å²) >= 11 is 0. The zero-order chi connectivity index (χ0) is 18.9. The first kappa shape index (κ1) is 19.3. The molecular formula is C23H29N3O. The molecule has 1 aliphatic heterocycles. The normalized spacial score (nSPS) is 15.4. The average molecular weight is 364 g/mol. The largest absolute Gasteiger partial charge is 0.339 e. The van der Waals surface area contributed by atoms with Crippen LogP contribution in [0.4, 0.5) is 0 Å². The quantitative estimate of drug-likeness (QED) is 0.822. The van der Waals surface area contributed by atoms with E-state index in [2.05, 4.69) is 77.8 Å². The molecule has 0 spiro atoms. The van der Waals surface area contributed by atoms with Crippen LogP contribution in [0.1, 0.15) is 16.7 Å². The fourth-order valence-corrected chi connectivity index (χ4v) is 3.33. The monoisotopic (exact) mass is 363 g/mol. The van der Waals surface area contributed by atoms with Crippen molar-refractivity contribution in [2.45, 2.75) is 13.5 Å². The Morgan fingerprint density at radius 3 is 2.56 bits per heavy atom. The van der Waals surface area contributed by atoms with E-state index in [0.717, 1.165) is 39.3 Å². The van der Waals surface area contributed by atoms with Gasteiger partial charge in [0.2, 0.25) is 5.91 Å². The van der Waals surface area contributed by atoms with Crippen LogP contribution in [-0.4, -0.2) is 55.0 Å². The molecule has 4 nitrogen and oxygen atoms in total. The van der Waals surface area contributed by atoms with Crippen LogP contribution in [0.25, 0.3) is 6.08 Å². The average Bonchev–Trinajstić information content (AvgIpc) is 2.69. The summed E-state index contributed by atoms with van der Waals surface area (Å²) in [6.07, 6.45) is 4.36. The summed E-state index contributed by atoms with van der Waals surface area (Å²) in [5, 5.41) is 3.27. The van der Waals surface area contributed by atoms with E-state index in [-0.39, 0.29) is 5.91 Å². The molecule has 0 aliphatic carbocycles. The fourth-order valence-electron chi connectivity index (χ4n) is 3.33. The molecule has 4 heteroatoms. The fraction of sp³-hybridized carbons (Fsp3) is 0.348. The van der Waals surface area contributed by atoms with Crippen LogP contribution in [0.2, 0.25) is 0 Å². The Morgan fingerprint density at radius 2 is 1.81 bits per heavy atom. The zero-order valence-corrected chi connectivity index (χ0v) is 16.1. The third-order valence-corrected chi connectivity index (χ3v) is 4.89. The van der Waals surface area contributed by atoms with Gasteiger partial charge < -0.3 is 10.2 Å². The Hall–Kier alpha value is -2.43. The number of nitrogens with one attached hydrogen (secondary N) is 1. The van der Waals surface area contributed by atoms with Gasteiger partial charge in [0, 0.05) is 39.3 Å². The van der Waals surface area contributed by atoms with Crippen LogP contribution in [0.3, 0.4) is 0 Å². The van der Waals surface area contributed by atoms with E-state index < -0.39 is 0 Å². The predicted molar refractivity (Wildman–Crippen MR) is 111 cm³/mol. The molecule has 27 heavy (non-hydrogen) atoms. The maximum absolute atomic E-state index is 12.4. The van der Waals surface area contributed by atoms with Gasteiger partial charge in [-0.25, -0.2) is 0 Å². The van der Waals surface area contributed by atoms with Gasteiger partial charge in [-0.2, -0.15) is 0 Å². The molecule has 142 valence electrons. The number of piperazine rings is 1. The van der Waals surface area contributed by atoms with Gasteiger partial charge in [-0.3, -0.25) is 9.69 Å². The van der Waals surface area contributed by atoms with Crippen molar-refractivity contribution in [3.8, 4) is 0 Å². The van der Waals surface area contributed by atoms with E-state index in [4.69, 9.17) is 0 Å². The summed E-state index contributed by atoms with van der Waals surface area (Å²) in [7, 11) is 0. The van der Waals surface area contributed by atoms with Crippen LogP contribution < -0.4 is 5.32 Å². The van der Waals surface area contributed by atoms with E-state index in [1.54, 1.807) is 0 Å². The van der Waals surface area contributed by atoms with Gasteiger partial charge in [-0.05, 0) is 18.1 Å². The summed E-state index contributed by atoms with van der Waals surface area (Å²) in [4.78, 5) is 16.8. The van der Waals surface area contributed by atoms with Crippen molar-refractivity contribution in [3.63, 3.8) is 0 Å².